The van der Waals surface area contributed by atoms with Crippen molar-refractivity contribution in [1.29, 1.82) is 0 Å². The maximum Gasteiger partial charge on any atom is 0.344 e. The van der Waals surface area contributed by atoms with E-state index in [0.717, 1.165) is 24.2 Å². The standard InChI is InChI=1S/C21H25NO4/c1-16(20(23)24)26-19-10-6-5-7-17(19)15-22-13-11-21(25,12-14-22)18-8-3-2-4-9-18/h2-10,16,25H,11-15H2,1H3,(H,23,24). The number of ether oxygens (including phenoxy) is 1. The Balaban J connectivity index is 1.64. The summed E-state index contributed by atoms with van der Waals surface area (Å²) < 4.78 is 5.58. The summed E-state index contributed by atoms with van der Waals surface area (Å²) in [5.74, 6) is -0.378. The van der Waals surface area contributed by atoms with Crippen molar-refractivity contribution in [2.24, 2.45) is 0 Å². The van der Waals surface area contributed by atoms with Crippen molar-refractivity contribution in [3.8, 4) is 5.75 Å². The fraction of sp³-hybridized carbons (Fsp3) is 0.381. The molecule has 0 aliphatic carbocycles. The summed E-state index contributed by atoms with van der Waals surface area (Å²) in [5.41, 5.74) is 1.16. The molecule has 26 heavy (non-hydrogen) atoms. The lowest BCUT2D eigenvalue weighted by Crippen LogP contribution is -2.42. The number of aliphatic carboxylic acids is 1. The summed E-state index contributed by atoms with van der Waals surface area (Å²) in [6.45, 7) is 3.75. The van der Waals surface area contributed by atoms with E-state index in [0.29, 0.717) is 25.1 Å². The van der Waals surface area contributed by atoms with Crippen molar-refractivity contribution in [3.63, 3.8) is 0 Å². The molecule has 1 fully saturated rings. The van der Waals surface area contributed by atoms with E-state index < -0.39 is 17.7 Å². The predicted octanol–water partition coefficient (Wildman–Crippen LogP) is 3.02. The summed E-state index contributed by atoms with van der Waals surface area (Å²) in [6, 6.07) is 17.4. The second-order valence-electron chi connectivity index (χ2n) is 6.88. The van der Waals surface area contributed by atoms with Gasteiger partial charge in [-0.2, -0.15) is 0 Å². The molecule has 1 heterocycles. The lowest BCUT2D eigenvalue weighted by Gasteiger charge is -2.38. The highest BCUT2D eigenvalue weighted by molar-refractivity contribution is 5.72. The van der Waals surface area contributed by atoms with Crippen molar-refractivity contribution >= 4 is 5.97 Å². The average molecular weight is 355 g/mol. The molecule has 2 aromatic carbocycles. The molecule has 1 atom stereocenters. The molecule has 0 spiro atoms. The van der Waals surface area contributed by atoms with E-state index >= 15 is 0 Å². The number of carboxylic acid groups (broad SMARTS) is 1. The number of nitrogens with zero attached hydrogens (tertiary/aromatic N) is 1. The van der Waals surface area contributed by atoms with Gasteiger partial charge in [0.25, 0.3) is 0 Å². The van der Waals surface area contributed by atoms with Gasteiger partial charge >= 0.3 is 5.97 Å². The second-order valence-corrected chi connectivity index (χ2v) is 6.88. The Labute approximate surface area is 153 Å². The van der Waals surface area contributed by atoms with Crippen LogP contribution in [0.15, 0.2) is 54.6 Å². The van der Waals surface area contributed by atoms with Gasteiger partial charge in [-0.3, -0.25) is 4.90 Å². The van der Waals surface area contributed by atoms with Crippen LogP contribution in [0.5, 0.6) is 5.75 Å². The molecule has 0 bridgehead atoms. The first-order valence-corrected chi connectivity index (χ1v) is 8.95. The Hall–Kier alpha value is -2.37. The zero-order chi connectivity index (χ0) is 18.6. The molecule has 1 aliphatic rings. The Morgan fingerprint density at radius 1 is 1.12 bits per heavy atom. The lowest BCUT2D eigenvalue weighted by molar-refractivity contribution is -0.144. The lowest BCUT2D eigenvalue weighted by atomic mass is 9.84. The number of para-hydroxylation sites is 1. The van der Waals surface area contributed by atoms with Crippen LogP contribution in [-0.2, 0) is 16.9 Å². The molecule has 1 unspecified atom stereocenters. The number of piperidine rings is 1. The molecule has 5 heteroatoms. The van der Waals surface area contributed by atoms with Gasteiger partial charge in [-0.1, -0.05) is 48.5 Å². The van der Waals surface area contributed by atoms with Crippen LogP contribution in [-0.4, -0.2) is 40.3 Å². The van der Waals surface area contributed by atoms with Crippen molar-refractivity contribution < 1.29 is 19.7 Å². The van der Waals surface area contributed by atoms with Crippen LogP contribution in [0, 0.1) is 0 Å². The van der Waals surface area contributed by atoms with Gasteiger partial charge in [-0.05, 0) is 31.4 Å². The number of hydrogen-bond donors (Lipinski definition) is 2. The SMILES string of the molecule is CC(Oc1ccccc1CN1CCC(O)(c2ccccc2)CC1)C(=O)O. The van der Waals surface area contributed by atoms with Crippen LogP contribution in [0.25, 0.3) is 0 Å². The second kappa shape index (κ2) is 7.89. The Bertz CT molecular complexity index is 739. The summed E-state index contributed by atoms with van der Waals surface area (Å²) in [4.78, 5) is 13.3. The third-order valence-electron chi connectivity index (χ3n) is 5.01. The number of benzene rings is 2. The van der Waals surface area contributed by atoms with Crippen molar-refractivity contribution in [2.75, 3.05) is 13.1 Å². The van der Waals surface area contributed by atoms with Crippen molar-refractivity contribution in [3.05, 3.63) is 65.7 Å². The molecule has 5 nitrogen and oxygen atoms in total. The molecule has 0 aromatic heterocycles. The molecular formula is C21H25NO4. The van der Waals surface area contributed by atoms with Gasteiger partial charge in [0.1, 0.15) is 5.75 Å². The van der Waals surface area contributed by atoms with E-state index in [1.807, 2.05) is 48.5 Å². The van der Waals surface area contributed by atoms with E-state index in [1.165, 1.54) is 6.92 Å². The van der Waals surface area contributed by atoms with Gasteiger partial charge in [0.05, 0.1) is 5.60 Å². The Morgan fingerprint density at radius 2 is 1.73 bits per heavy atom. The minimum atomic E-state index is -0.981. The van der Waals surface area contributed by atoms with Crippen molar-refractivity contribution in [2.45, 2.75) is 38.0 Å². The van der Waals surface area contributed by atoms with Crippen LogP contribution >= 0.6 is 0 Å². The monoisotopic (exact) mass is 355 g/mol. The minimum absolute atomic E-state index is 0.603. The van der Waals surface area contributed by atoms with Gasteiger partial charge in [0.2, 0.25) is 0 Å². The molecule has 3 rings (SSSR count). The number of carboxylic acids is 1. The number of likely N-dealkylation sites (tertiary alicyclic amines) is 1. The van der Waals surface area contributed by atoms with Crippen LogP contribution in [0.2, 0.25) is 0 Å². The zero-order valence-electron chi connectivity index (χ0n) is 15.0. The largest absolute Gasteiger partial charge is 0.479 e. The highest BCUT2D eigenvalue weighted by Crippen LogP contribution is 2.33. The van der Waals surface area contributed by atoms with Crippen LogP contribution in [0.1, 0.15) is 30.9 Å². The summed E-state index contributed by atoms with van der Waals surface area (Å²) in [5, 5.41) is 20.0. The first-order chi connectivity index (χ1) is 12.5. The molecule has 1 aliphatic heterocycles. The highest BCUT2D eigenvalue weighted by atomic mass is 16.5. The Morgan fingerprint density at radius 3 is 2.38 bits per heavy atom. The van der Waals surface area contributed by atoms with Gasteiger partial charge in [0.15, 0.2) is 6.10 Å². The van der Waals surface area contributed by atoms with Crippen LogP contribution in [0.4, 0.5) is 0 Å². The zero-order valence-corrected chi connectivity index (χ0v) is 15.0. The number of carbonyl (C=O) groups is 1. The molecular weight excluding hydrogens is 330 g/mol. The van der Waals surface area contributed by atoms with Crippen LogP contribution in [0.3, 0.4) is 0 Å². The minimum Gasteiger partial charge on any atom is -0.479 e. The summed E-state index contributed by atoms with van der Waals surface area (Å²) in [7, 11) is 0. The van der Waals surface area contributed by atoms with Gasteiger partial charge < -0.3 is 14.9 Å². The fourth-order valence-corrected chi connectivity index (χ4v) is 3.35. The molecule has 2 N–H and O–H groups in total. The smallest absolute Gasteiger partial charge is 0.344 e. The third kappa shape index (κ3) is 4.23. The van der Waals surface area contributed by atoms with E-state index in [2.05, 4.69) is 4.90 Å². The normalized spacial score (nSPS) is 18.2. The van der Waals surface area contributed by atoms with E-state index in [9.17, 15) is 9.90 Å². The highest BCUT2D eigenvalue weighted by Gasteiger charge is 2.33. The van der Waals surface area contributed by atoms with Gasteiger partial charge in [0, 0.05) is 25.2 Å². The van der Waals surface area contributed by atoms with E-state index in [4.69, 9.17) is 9.84 Å². The molecule has 1 saturated heterocycles. The first-order valence-electron chi connectivity index (χ1n) is 8.95. The molecule has 2 aromatic rings. The van der Waals surface area contributed by atoms with Crippen LogP contribution < -0.4 is 4.74 Å². The number of hydrogen-bond acceptors (Lipinski definition) is 4. The third-order valence-corrected chi connectivity index (χ3v) is 5.01. The fourth-order valence-electron chi connectivity index (χ4n) is 3.35. The summed E-state index contributed by atoms with van der Waals surface area (Å²) >= 11 is 0. The maximum atomic E-state index is 11.0. The number of rotatable bonds is 6. The maximum absolute atomic E-state index is 11.0. The van der Waals surface area contributed by atoms with E-state index in [-0.39, 0.29) is 0 Å². The predicted molar refractivity (Wildman–Crippen MR) is 99.0 cm³/mol. The Kier molecular flexibility index (Phi) is 5.59. The molecule has 0 saturated carbocycles. The topological polar surface area (TPSA) is 70.0 Å². The molecule has 0 radical (unpaired) electrons. The first kappa shape index (κ1) is 18.4. The quantitative estimate of drug-likeness (QED) is 0.834. The van der Waals surface area contributed by atoms with Crippen molar-refractivity contribution in [1.82, 2.24) is 4.90 Å². The molecule has 0 amide bonds. The van der Waals surface area contributed by atoms with Gasteiger partial charge in [-0.25, -0.2) is 4.79 Å². The summed E-state index contributed by atoms with van der Waals surface area (Å²) in [6.07, 6.45) is 0.456. The van der Waals surface area contributed by atoms with Gasteiger partial charge in [-0.15, -0.1) is 0 Å². The van der Waals surface area contributed by atoms with E-state index in [1.54, 1.807) is 6.07 Å². The molecule has 138 valence electrons. The number of aliphatic hydroxyl groups is 1. The average Bonchev–Trinajstić information content (AvgIpc) is 2.66.